The van der Waals surface area contributed by atoms with Crippen LogP contribution in [-0.2, 0) is 5.16 Å². The van der Waals surface area contributed by atoms with Crippen molar-refractivity contribution < 1.29 is 0 Å². The molecule has 1 rings (SSSR count). The van der Waals surface area contributed by atoms with E-state index in [-0.39, 0.29) is 5.16 Å². The summed E-state index contributed by atoms with van der Waals surface area (Å²) in [7, 11) is 2.93. The lowest BCUT2D eigenvalue weighted by molar-refractivity contribution is 0.659. The molecule has 0 saturated heterocycles. The zero-order valence-corrected chi connectivity index (χ0v) is 10.5. The van der Waals surface area contributed by atoms with Crippen molar-refractivity contribution in [2.45, 2.75) is 37.2 Å². The first-order chi connectivity index (χ1) is 5.97. The normalized spacial score (nSPS) is 15.5. The molecule has 2 heteroatoms. The Morgan fingerprint density at radius 1 is 1.46 bits per heavy atom. The van der Waals surface area contributed by atoms with Gasteiger partial charge in [-0.2, -0.15) is 0 Å². The summed E-state index contributed by atoms with van der Waals surface area (Å²) in [6, 6.07) is 6.36. The van der Waals surface area contributed by atoms with Gasteiger partial charge in [0, 0.05) is 10.1 Å². The van der Waals surface area contributed by atoms with E-state index in [1.54, 1.807) is 0 Å². The molecule has 2 atom stereocenters. The van der Waals surface area contributed by atoms with Crippen LogP contribution < -0.4 is 0 Å². The number of aryl methyl sites for hydroxylation is 1. The van der Waals surface area contributed by atoms with Crippen molar-refractivity contribution in [3.63, 3.8) is 0 Å². The van der Waals surface area contributed by atoms with Gasteiger partial charge in [0.2, 0.25) is 0 Å². The van der Waals surface area contributed by atoms with E-state index >= 15 is 0 Å². The lowest BCUT2D eigenvalue weighted by Crippen LogP contribution is -2.12. The van der Waals surface area contributed by atoms with E-state index in [0.717, 1.165) is 11.3 Å². The molecule has 0 spiro atoms. The van der Waals surface area contributed by atoms with Gasteiger partial charge in [-0.15, -0.1) is 21.9 Å². The van der Waals surface area contributed by atoms with Gasteiger partial charge in [0.05, 0.1) is 0 Å². The van der Waals surface area contributed by atoms with Crippen molar-refractivity contribution in [1.82, 2.24) is 0 Å². The predicted molar refractivity (Wildman–Crippen MR) is 65.8 cm³/mol. The molecule has 0 aliphatic rings. The van der Waals surface area contributed by atoms with Crippen LogP contribution in [0.1, 0.15) is 31.4 Å². The van der Waals surface area contributed by atoms with Crippen LogP contribution in [0, 0.1) is 6.92 Å². The average molecular weight is 212 g/mol. The summed E-state index contributed by atoms with van der Waals surface area (Å²) >= 11 is 4.32. The zero-order valence-electron chi connectivity index (χ0n) is 8.46. The minimum absolute atomic E-state index is 0.200. The number of rotatable bonds is 2. The van der Waals surface area contributed by atoms with Gasteiger partial charge in [-0.1, -0.05) is 19.9 Å². The monoisotopic (exact) mass is 212 g/mol. The second-order valence-electron chi connectivity index (χ2n) is 3.77. The Morgan fingerprint density at radius 2 is 2.08 bits per heavy atom. The summed E-state index contributed by atoms with van der Waals surface area (Å²) in [5.41, 5.74) is 2.73. The van der Waals surface area contributed by atoms with Crippen LogP contribution in [0.15, 0.2) is 23.1 Å². The molecule has 0 N–H and O–H groups in total. The molecule has 0 saturated carbocycles. The van der Waals surface area contributed by atoms with E-state index < -0.39 is 0 Å². The molecule has 0 nitrogen and oxygen atoms in total. The first kappa shape index (κ1) is 11.1. The zero-order chi connectivity index (χ0) is 10.1. The van der Waals surface area contributed by atoms with Gasteiger partial charge in [0.15, 0.2) is 0 Å². The maximum absolute atomic E-state index is 4.32. The van der Waals surface area contributed by atoms with E-state index in [4.69, 9.17) is 0 Å². The van der Waals surface area contributed by atoms with Gasteiger partial charge in [-0.3, -0.25) is 0 Å². The van der Waals surface area contributed by atoms with Gasteiger partial charge < -0.3 is 0 Å². The average Bonchev–Trinajstić information content (AvgIpc) is 2.03. The Kier molecular flexibility index (Phi) is 3.43. The Bertz CT molecular complexity index is 305. The molecule has 72 valence electrons. The minimum atomic E-state index is 0.200. The molecule has 0 aliphatic carbocycles. The van der Waals surface area contributed by atoms with Crippen molar-refractivity contribution in [2.75, 3.05) is 0 Å². The van der Waals surface area contributed by atoms with Gasteiger partial charge in [-0.25, -0.2) is 0 Å². The second kappa shape index (κ2) is 4.02. The highest BCUT2D eigenvalue weighted by atomic mass is 32.1. The molecule has 1 aromatic rings. The third kappa shape index (κ3) is 2.48. The fourth-order valence-corrected chi connectivity index (χ4v) is 2.07. The Balaban J connectivity index is 3.16. The summed E-state index contributed by atoms with van der Waals surface area (Å²) in [4.78, 5) is 1.04. The molecule has 0 amide bonds. The van der Waals surface area contributed by atoms with Crippen molar-refractivity contribution in [2.24, 2.45) is 0 Å². The molecule has 0 aliphatic heterocycles. The van der Waals surface area contributed by atoms with Crippen LogP contribution in [-0.4, -0.2) is 0 Å². The highest BCUT2D eigenvalue weighted by molar-refractivity contribution is 7.80. The van der Waals surface area contributed by atoms with E-state index in [1.807, 2.05) is 0 Å². The second-order valence-corrected chi connectivity index (χ2v) is 5.56. The van der Waals surface area contributed by atoms with E-state index in [9.17, 15) is 0 Å². The molecule has 1 aromatic carbocycles. The molecule has 13 heavy (non-hydrogen) atoms. The van der Waals surface area contributed by atoms with E-state index in [0.29, 0.717) is 0 Å². The van der Waals surface area contributed by atoms with Crippen molar-refractivity contribution in [1.29, 1.82) is 0 Å². The van der Waals surface area contributed by atoms with Gasteiger partial charge >= 0.3 is 0 Å². The highest BCUT2D eigenvalue weighted by Gasteiger charge is 2.19. The summed E-state index contributed by atoms with van der Waals surface area (Å²) in [6.07, 6.45) is 1.13. The number of hydrogen-bond donors (Lipinski definition) is 1. The maximum Gasteiger partial charge on any atom is 0.00694 e. The molecule has 0 bridgehead atoms. The van der Waals surface area contributed by atoms with Crippen LogP contribution in [0.3, 0.4) is 0 Å². The fourth-order valence-electron chi connectivity index (χ4n) is 1.48. The Morgan fingerprint density at radius 3 is 2.54 bits per heavy atom. The number of benzene rings is 1. The standard InChI is InChI=1S/C11H17PS/c1-4-11(3,12)10-6-5-9(13)7-8(10)2/h5-7,13H,4,12H2,1-3H3. The van der Waals surface area contributed by atoms with Gasteiger partial charge in [-0.05, 0) is 36.6 Å². The molecular formula is C11H17PS. The van der Waals surface area contributed by atoms with Gasteiger partial charge in [0.25, 0.3) is 0 Å². The van der Waals surface area contributed by atoms with Crippen LogP contribution in [0.2, 0.25) is 0 Å². The lowest BCUT2D eigenvalue weighted by atomic mass is 9.93. The lowest BCUT2D eigenvalue weighted by Gasteiger charge is -2.25. The highest BCUT2D eigenvalue weighted by Crippen LogP contribution is 2.36. The number of thiol groups is 1. The Hall–Kier alpha value is -0.0000000000000000555. The largest absolute Gasteiger partial charge is 0.143 e. The predicted octanol–water partition coefficient (Wildman–Crippen LogP) is 3.78. The third-order valence-electron chi connectivity index (χ3n) is 2.56. The summed E-state index contributed by atoms with van der Waals surface area (Å²) in [5.74, 6) is 0. The smallest absolute Gasteiger partial charge is 0.00694 e. The Labute approximate surface area is 88.7 Å². The molecular weight excluding hydrogens is 195 g/mol. The molecule has 0 aromatic heterocycles. The maximum atomic E-state index is 4.32. The first-order valence-corrected chi connectivity index (χ1v) is 5.59. The van der Waals surface area contributed by atoms with Crippen molar-refractivity contribution >= 4 is 21.9 Å². The number of hydrogen-bond acceptors (Lipinski definition) is 1. The molecule has 0 heterocycles. The molecule has 0 radical (unpaired) electrons. The van der Waals surface area contributed by atoms with Crippen LogP contribution in [0.4, 0.5) is 0 Å². The van der Waals surface area contributed by atoms with Crippen LogP contribution >= 0.6 is 21.9 Å². The third-order valence-corrected chi connectivity index (χ3v) is 3.56. The minimum Gasteiger partial charge on any atom is -0.143 e. The fraction of sp³-hybridized carbons (Fsp3) is 0.455. The van der Waals surface area contributed by atoms with Crippen molar-refractivity contribution in [3.05, 3.63) is 29.3 Å². The summed E-state index contributed by atoms with van der Waals surface area (Å²) in [6.45, 7) is 6.60. The summed E-state index contributed by atoms with van der Waals surface area (Å²) < 4.78 is 0. The molecule has 2 unspecified atom stereocenters. The van der Waals surface area contributed by atoms with E-state index in [1.165, 1.54) is 11.1 Å². The molecule has 0 fully saturated rings. The van der Waals surface area contributed by atoms with Crippen LogP contribution in [0.25, 0.3) is 0 Å². The van der Waals surface area contributed by atoms with E-state index in [2.05, 4.69) is 60.8 Å². The van der Waals surface area contributed by atoms with Crippen molar-refractivity contribution in [3.8, 4) is 0 Å². The summed E-state index contributed by atoms with van der Waals surface area (Å²) in [5, 5.41) is 0.200. The van der Waals surface area contributed by atoms with Gasteiger partial charge in [0.1, 0.15) is 0 Å². The quantitative estimate of drug-likeness (QED) is 0.559. The van der Waals surface area contributed by atoms with Crippen LogP contribution in [0.5, 0.6) is 0 Å². The first-order valence-electron chi connectivity index (χ1n) is 4.56. The SMILES string of the molecule is CCC(C)(P)c1ccc(S)cc1C. The topological polar surface area (TPSA) is 0 Å².